The molecule has 0 aliphatic carbocycles. The number of Topliss-reactive ketones (excluding diaryl/α,β-unsaturated/α-hetero) is 1. The largest absolute Gasteiger partial charge is 1.00 e. The number of fused-ring (bicyclic) bond motifs is 1. The Morgan fingerprint density at radius 1 is 0.817 bits per heavy atom. The quantitative estimate of drug-likeness (QED) is 0.0222. The van der Waals surface area contributed by atoms with Crippen molar-refractivity contribution in [2.75, 3.05) is 18.9 Å². The van der Waals surface area contributed by atoms with E-state index in [0.717, 1.165) is 24.3 Å². The summed E-state index contributed by atoms with van der Waals surface area (Å²) in [7, 11) is 0. The number of nitrogens with two attached hydrogens (primary N) is 1. The molecule has 0 heterocycles. The predicted molar refractivity (Wildman–Crippen MR) is 201 cm³/mol. The minimum Gasteiger partial charge on any atom is -0.768 e. The van der Waals surface area contributed by atoms with E-state index in [1.807, 2.05) is 0 Å². The van der Waals surface area contributed by atoms with Gasteiger partial charge >= 0.3 is 65.1 Å². The number of aromatic hydroxyl groups is 1. The first-order chi connectivity index (χ1) is 27.7. The van der Waals surface area contributed by atoms with Crippen LogP contribution < -0.4 is 69.6 Å². The number of benzene rings is 5. The number of azo groups is 3. The number of phenols is 1. The molecule has 4 N–H and O–H groups in total. The number of phenolic OH excluding ortho intramolecular Hbond substituents is 1. The fraction of sp³-hybridized carbons (Fsp3) is 0.114. The molecule has 0 aliphatic heterocycles. The molecule has 25 heteroatoms. The molecule has 0 aromatic heterocycles. The first-order valence-corrected chi connectivity index (χ1v) is 18.3. The van der Waals surface area contributed by atoms with Gasteiger partial charge in [-0.15, -0.1) is 15.3 Å². The third-order valence-corrected chi connectivity index (χ3v) is 9.18. The molecule has 2 unspecified atom stereocenters. The van der Waals surface area contributed by atoms with Crippen LogP contribution in [0.3, 0.4) is 0 Å². The molecule has 0 saturated carbocycles. The van der Waals surface area contributed by atoms with Crippen molar-refractivity contribution in [1.29, 1.82) is 0 Å². The van der Waals surface area contributed by atoms with E-state index >= 15 is 0 Å². The second-order valence-corrected chi connectivity index (χ2v) is 13.6. The first kappa shape index (κ1) is 49.3. The van der Waals surface area contributed by atoms with E-state index in [2.05, 4.69) is 30.7 Å². The zero-order chi connectivity index (χ0) is 42.1. The van der Waals surface area contributed by atoms with E-state index in [1.165, 1.54) is 24.3 Å². The number of nitrogens with zero attached hydrogens (tertiary/aromatic N) is 7. The normalized spacial score (nSPS) is 12.2. The molecule has 0 aliphatic rings. The number of anilines is 1. The molecule has 21 nitrogen and oxygen atoms in total. The maximum atomic E-state index is 12.4. The summed E-state index contributed by atoms with van der Waals surface area (Å²) >= 11 is -6.21. The molecule has 298 valence electrons. The van der Waals surface area contributed by atoms with Crippen molar-refractivity contribution in [3.63, 3.8) is 0 Å². The number of carboxylic acid groups (broad SMARTS) is 1. The number of nitrogen functional groups attached to an aromatic ring is 1. The number of ketones is 1. The molecule has 0 spiro atoms. The van der Waals surface area contributed by atoms with Crippen molar-refractivity contribution in [1.82, 2.24) is 0 Å². The number of nitro benzene ring substituents is 1. The monoisotopic (exact) mass is 876 g/mol. The van der Waals surface area contributed by atoms with Gasteiger partial charge in [0, 0.05) is 22.8 Å². The number of carbonyl (C=O) groups excluding carboxylic acids is 2. The van der Waals surface area contributed by atoms with Gasteiger partial charge < -0.3 is 34.5 Å². The van der Waals surface area contributed by atoms with E-state index < -0.39 is 90.0 Å². The summed E-state index contributed by atoms with van der Waals surface area (Å²) < 4.78 is 58.8. The van der Waals surface area contributed by atoms with Crippen molar-refractivity contribution < 1.29 is 116 Å². The summed E-state index contributed by atoms with van der Waals surface area (Å²) in [5.41, 5.74) is 5.88. The molecule has 2 atom stereocenters. The smallest absolute Gasteiger partial charge is 0.768 e. The number of aliphatic carboxylic acids is 1. The average Bonchev–Trinajstić information content (AvgIpc) is 3.17. The molecule has 5 rings (SSSR count). The van der Waals surface area contributed by atoms with E-state index in [0.29, 0.717) is 29.2 Å². The Morgan fingerprint density at radius 2 is 1.43 bits per heavy atom. The first-order valence-electron chi connectivity index (χ1n) is 16.1. The van der Waals surface area contributed by atoms with Crippen LogP contribution in [-0.4, -0.2) is 64.1 Å². The Bertz CT molecular complexity index is 2610. The van der Waals surface area contributed by atoms with Gasteiger partial charge in [-0.25, -0.2) is 4.79 Å². The number of hydrogen-bond acceptors (Lipinski definition) is 19. The van der Waals surface area contributed by atoms with E-state index in [4.69, 9.17) is 20.3 Å². The number of carboxylic acids is 1. The van der Waals surface area contributed by atoms with Gasteiger partial charge in [0.05, 0.1) is 38.0 Å². The van der Waals surface area contributed by atoms with Gasteiger partial charge in [0.2, 0.25) is 0 Å². The molecular formula is C35H26N8Na2O13S2. The number of carbonyl (C=O) groups is 3. The third kappa shape index (κ3) is 12.5. The minimum atomic E-state index is -3.17. The molecule has 60 heavy (non-hydrogen) atoms. The Labute approximate surface area is 387 Å². The maximum absolute atomic E-state index is 12.4. The van der Waals surface area contributed by atoms with Gasteiger partial charge in [-0.2, -0.15) is 15.3 Å². The zero-order valence-electron chi connectivity index (χ0n) is 31.5. The zero-order valence-corrected chi connectivity index (χ0v) is 37.2. The van der Waals surface area contributed by atoms with Crippen LogP contribution in [-0.2, 0) is 47.7 Å². The van der Waals surface area contributed by atoms with Crippen molar-refractivity contribution in [3.05, 3.63) is 94.0 Å². The summed E-state index contributed by atoms with van der Waals surface area (Å²) in [5.74, 6) is -2.50. The van der Waals surface area contributed by atoms with Gasteiger partial charge in [-0.05, 0) is 101 Å². The average molecular weight is 877 g/mol. The summed E-state index contributed by atoms with van der Waals surface area (Å²) in [6.07, 6.45) is -0.361. The van der Waals surface area contributed by atoms with E-state index in [9.17, 15) is 47.1 Å². The van der Waals surface area contributed by atoms with Crippen LogP contribution in [0.1, 0.15) is 11.1 Å². The topological polar surface area (TPSA) is 334 Å². The number of aryl methyl sites for hydroxylation is 1. The number of rotatable bonds is 17. The Balaban J connectivity index is 0.00000480. The van der Waals surface area contributed by atoms with Gasteiger partial charge in [0.25, 0.3) is 12.2 Å². The molecule has 0 amide bonds. The molecule has 5 aromatic carbocycles. The van der Waals surface area contributed by atoms with E-state index in [1.54, 1.807) is 31.2 Å². The summed E-state index contributed by atoms with van der Waals surface area (Å²) in [6, 6.07) is 16.2. The second-order valence-electron chi connectivity index (χ2n) is 11.7. The fourth-order valence-electron chi connectivity index (χ4n) is 5.18. The minimum absolute atomic E-state index is 0. The molecule has 0 bridgehead atoms. The molecule has 0 radical (unpaired) electrons. The Morgan fingerprint density at radius 3 is 2.05 bits per heavy atom. The van der Waals surface area contributed by atoms with Crippen LogP contribution in [0.5, 0.6) is 11.5 Å². The number of nitro groups is 1. The van der Waals surface area contributed by atoms with Crippen molar-refractivity contribution in [2.24, 2.45) is 30.7 Å². The second kappa shape index (κ2) is 22.5. The van der Waals surface area contributed by atoms with Crippen LogP contribution in [0.4, 0.5) is 45.5 Å². The number of ether oxygens (including phenoxy) is 2. The summed E-state index contributed by atoms with van der Waals surface area (Å²) in [4.78, 5) is 43.0. The predicted octanol–water partition coefficient (Wildman–Crippen LogP) is 0.822. The maximum Gasteiger partial charge on any atom is 1.00 e. The van der Waals surface area contributed by atoms with Crippen LogP contribution in [0, 0.1) is 17.0 Å². The molecule has 0 saturated heterocycles. The van der Waals surface area contributed by atoms with Crippen LogP contribution in [0.25, 0.3) is 10.8 Å². The summed E-state index contributed by atoms with van der Waals surface area (Å²) in [6.45, 7) is 0.731. The summed E-state index contributed by atoms with van der Waals surface area (Å²) in [5, 5.41) is 55.3. The molecule has 5 aromatic rings. The van der Waals surface area contributed by atoms with Gasteiger partial charge in [-0.1, -0.05) is 6.07 Å². The third-order valence-electron chi connectivity index (χ3n) is 7.81. The van der Waals surface area contributed by atoms with Crippen molar-refractivity contribution in [2.45, 2.75) is 23.1 Å². The van der Waals surface area contributed by atoms with Crippen molar-refractivity contribution >= 4 is 96.7 Å². The Kier molecular flexibility index (Phi) is 18.5. The molecular weight excluding hydrogens is 851 g/mol. The Hall–Kier alpha value is -5.05. The standard InChI is InChI=1S/C35H28N8O13S2.2Na/c1-18-10-21(5-9-25(18)39-37-20-3-6-23(7-4-20)56-17-44)38-41-27-14-29(57(51)52)24-13-30(58(53)54)34(35(48)32(24)33(27)36)42-40-26-8-2-19(12-28(26)43(49)50)11-22(45)15-55-16-31(46)47;;/h2-10,12-14,17,48H,11,15-16,36H2,1H3,(H,46,47)(H,51,52)(H,53,54);;/q;2*+1/p-2. The van der Waals surface area contributed by atoms with E-state index in [-0.39, 0.29) is 93.5 Å². The van der Waals surface area contributed by atoms with Crippen LogP contribution >= 0.6 is 0 Å². The van der Waals surface area contributed by atoms with Gasteiger partial charge in [0.15, 0.2) is 17.2 Å². The van der Waals surface area contributed by atoms with Gasteiger partial charge in [0.1, 0.15) is 30.3 Å². The van der Waals surface area contributed by atoms with Gasteiger partial charge in [-0.3, -0.25) is 28.1 Å². The van der Waals surface area contributed by atoms with Crippen LogP contribution in [0.15, 0.2) is 113 Å². The fourth-order valence-corrected chi connectivity index (χ4v) is 6.24. The SMILES string of the molecule is Cc1cc(N=Nc2cc(S(=O)[O-])c3cc(S(=O)[O-])c(N=Nc4ccc(CC(=O)COCC(=O)O)cc4[N+](=O)[O-])c(O)c3c2N)ccc1N=Nc1ccc(OC=O)cc1.[Na+].[Na+]. The number of hydrogen-bond donors (Lipinski definition) is 3. The molecule has 0 fully saturated rings. The van der Waals surface area contributed by atoms with Crippen LogP contribution in [0.2, 0.25) is 0 Å². The van der Waals surface area contributed by atoms with Crippen molar-refractivity contribution in [3.8, 4) is 11.5 Å².